The van der Waals surface area contributed by atoms with Gasteiger partial charge in [-0.15, -0.1) is 0 Å². The van der Waals surface area contributed by atoms with Crippen LogP contribution in [-0.2, 0) is 4.79 Å². The number of rotatable bonds is 1. The van der Waals surface area contributed by atoms with Crippen LogP contribution < -0.4 is 0 Å². The van der Waals surface area contributed by atoms with Gasteiger partial charge in [0.15, 0.2) is 0 Å². The number of aliphatic carboxylic acids is 1. The number of aliphatic hydroxyl groups is 2. The van der Waals surface area contributed by atoms with Crippen LogP contribution in [0, 0.1) is 44.3 Å². The monoisotopic (exact) mass is 470 g/mol. The molecule has 0 aromatic heterocycles. The molecule has 0 aromatic rings. The normalized spacial score (nSPS) is 51.1. The highest BCUT2D eigenvalue weighted by Gasteiger charge is 2.68. The summed E-state index contributed by atoms with van der Waals surface area (Å²) >= 11 is 0. The van der Waals surface area contributed by atoms with Crippen LogP contribution in [0.2, 0.25) is 0 Å². The summed E-state index contributed by atoms with van der Waals surface area (Å²) in [6, 6.07) is 0. The largest absolute Gasteiger partial charge is 0.481 e. The molecular weight excluding hydrogens is 424 g/mol. The smallest absolute Gasteiger partial charge is 0.310 e. The van der Waals surface area contributed by atoms with E-state index in [4.69, 9.17) is 0 Å². The van der Waals surface area contributed by atoms with Gasteiger partial charge in [0.1, 0.15) is 0 Å². The van der Waals surface area contributed by atoms with Crippen molar-refractivity contribution in [3.8, 4) is 0 Å². The number of allylic oxidation sites excluding steroid dienone is 3. The lowest BCUT2D eigenvalue weighted by Gasteiger charge is -2.69. The molecule has 0 radical (unpaired) electrons. The second-order valence-corrected chi connectivity index (χ2v) is 14.8. The summed E-state index contributed by atoms with van der Waals surface area (Å²) in [7, 11) is 0. The second kappa shape index (κ2) is 7.00. The third kappa shape index (κ3) is 2.82. The Hall–Kier alpha value is -1.13. The summed E-state index contributed by atoms with van der Waals surface area (Å²) in [5.74, 6) is -0.116. The van der Waals surface area contributed by atoms with Gasteiger partial charge in [-0.25, -0.2) is 0 Å². The van der Waals surface area contributed by atoms with Gasteiger partial charge in [0, 0.05) is 5.41 Å². The topological polar surface area (TPSA) is 77.8 Å². The summed E-state index contributed by atoms with van der Waals surface area (Å²) in [6.45, 7) is 16.0. The summed E-state index contributed by atoms with van der Waals surface area (Å²) in [5, 5.41) is 32.3. The molecule has 0 bridgehead atoms. The molecule has 3 fully saturated rings. The van der Waals surface area contributed by atoms with Crippen LogP contribution in [0.25, 0.3) is 0 Å². The van der Waals surface area contributed by atoms with E-state index in [9.17, 15) is 20.1 Å². The van der Waals surface area contributed by atoms with Crippen LogP contribution in [0.5, 0.6) is 0 Å². The number of fused-ring (bicyclic) bond motifs is 7. The molecule has 0 amide bonds. The van der Waals surface area contributed by atoms with Gasteiger partial charge in [0.05, 0.1) is 17.6 Å². The van der Waals surface area contributed by atoms with Gasteiger partial charge in [-0.1, -0.05) is 71.8 Å². The zero-order chi connectivity index (χ0) is 25.1. The Kier molecular flexibility index (Phi) is 5.06. The van der Waals surface area contributed by atoms with Crippen molar-refractivity contribution in [1.29, 1.82) is 0 Å². The van der Waals surface area contributed by atoms with E-state index in [0.29, 0.717) is 12.3 Å². The van der Waals surface area contributed by atoms with E-state index in [0.717, 1.165) is 44.9 Å². The molecule has 4 heteroatoms. The van der Waals surface area contributed by atoms with Crippen molar-refractivity contribution in [3.05, 3.63) is 23.3 Å². The first kappa shape index (κ1) is 24.6. The third-order valence-electron chi connectivity index (χ3n) is 12.3. The summed E-state index contributed by atoms with van der Waals surface area (Å²) in [5.41, 5.74) is 1.61. The van der Waals surface area contributed by atoms with Gasteiger partial charge in [0.25, 0.3) is 0 Å². The Morgan fingerprint density at radius 2 is 1.56 bits per heavy atom. The SMILES string of the molecule is CC1(C)CC[C@]2(C(=O)O)CC[C@]3(C)C(=CC[C@@H]4[C@@]5(C)C[C@H](O)[C@@H](O)C(C)(C)C5=CC[C@]43C)[C@@H]2C1. The summed E-state index contributed by atoms with van der Waals surface area (Å²) < 4.78 is 0. The average Bonchev–Trinajstić information content (AvgIpc) is 2.72. The van der Waals surface area contributed by atoms with Crippen molar-refractivity contribution in [2.45, 2.75) is 112 Å². The number of carboxylic acids is 1. The van der Waals surface area contributed by atoms with E-state index in [1.165, 1.54) is 11.1 Å². The standard InChI is InChI=1S/C30H46O4/c1-25(2)12-14-30(24(33)34)15-13-28(6)18(19(30)16-25)8-9-22-27(5)17-20(31)23(32)26(3,4)21(27)10-11-29(22,28)7/h8,10,19-20,22-23,31-32H,9,11-17H2,1-7H3,(H,33,34)/t19-,20-,22+,23+,27-,28+,29+,30-/m0/s1. The molecular formula is C30H46O4. The minimum absolute atomic E-state index is 0.000318. The van der Waals surface area contributed by atoms with E-state index >= 15 is 0 Å². The van der Waals surface area contributed by atoms with E-state index < -0.39 is 29.0 Å². The Morgan fingerprint density at radius 1 is 0.912 bits per heavy atom. The van der Waals surface area contributed by atoms with Crippen LogP contribution in [0.1, 0.15) is 99.8 Å². The minimum atomic E-state index is -0.739. The Labute approximate surface area is 205 Å². The Balaban J connectivity index is 1.63. The molecule has 3 saturated carbocycles. The highest BCUT2D eigenvalue weighted by molar-refractivity contribution is 5.76. The van der Waals surface area contributed by atoms with E-state index in [-0.39, 0.29) is 27.6 Å². The number of hydrogen-bond donors (Lipinski definition) is 3. The summed E-state index contributed by atoms with van der Waals surface area (Å²) in [6.07, 6.45) is 10.3. The first-order valence-electron chi connectivity index (χ1n) is 13.6. The number of aliphatic hydroxyl groups excluding tert-OH is 2. The van der Waals surface area contributed by atoms with Gasteiger partial charge in [0.2, 0.25) is 0 Å². The molecule has 5 aliphatic carbocycles. The summed E-state index contributed by atoms with van der Waals surface area (Å²) in [4.78, 5) is 12.8. The van der Waals surface area contributed by atoms with Crippen LogP contribution in [0.4, 0.5) is 0 Å². The molecule has 34 heavy (non-hydrogen) atoms. The first-order chi connectivity index (χ1) is 15.6. The van der Waals surface area contributed by atoms with Crippen molar-refractivity contribution in [2.75, 3.05) is 0 Å². The van der Waals surface area contributed by atoms with Crippen molar-refractivity contribution >= 4 is 5.97 Å². The fourth-order valence-corrected chi connectivity index (χ4v) is 10.0. The molecule has 190 valence electrons. The van der Waals surface area contributed by atoms with Gasteiger partial charge >= 0.3 is 5.97 Å². The van der Waals surface area contributed by atoms with E-state index in [1.54, 1.807) is 0 Å². The van der Waals surface area contributed by atoms with Crippen molar-refractivity contribution in [1.82, 2.24) is 0 Å². The van der Waals surface area contributed by atoms with Crippen molar-refractivity contribution in [3.63, 3.8) is 0 Å². The molecule has 8 atom stereocenters. The predicted molar refractivity (Wildman–Crippen MR) is 134 cm³/mol. The van der Waals surface area contributed by atoms with Gasteiger partial charge in [-0.2, -0.15) is 0 Å². The maximum Gasteiger partial charge on any atom is 0.310 e. The lowest BCUT2D eigenvalue weighted by Crippen LogP contribution is -2.63. The van der Waals surface area contributed by atoms with Crippen LogP contribution in [-0.4, -0.2) is 33.5 Å². The highest BCUT2D eigenvalue weighted by Crippen LogP contribution is 2.74. The number of carboxylic acid groups (broad SMARTS) is 1. The fourth-order valence-electron chi connectivity index (χ4n) is 10.0. The Morgan fingerprint density at radius 3 is 2.21 bits per heavy atom. The maximum atomic E-state index is 12.8. The van der Waals surface area contributed by atoms with Crippen LogP contribution in [0.3, 0.4) is 0 Å². The maximum absolute atomic E-state index is 12.8. The first-order valence-corrected chi connectivity index (χ1v) is 13.6. The van der Waals surface area contributed by atoms with Crippen molar-refractivity contribution in [2.24, 2.45) is 44.3 Å². The predicted octanol–water partition coefficient (Wildman–Crippen LogP) is 6.12. The molecule has 0 heterocycles. The molecule has 0 aliphatic heterocycles. The third-order valence-corrected chi connectivity index (χ3v) is 12.3. The zero-order valence-corrected chi connectivity index (χ0v) is 22.4. The molecule has 0 spiro atoms. The van der Waals surface area contributed by atoms with E-state index in [2.05, 4.69) is 60.6 Å². The lowest BCUT2D eigenvalue weighted by molar-refractivity contribution is -0.169. The molecule has 4 nitrogen and oxygen atoms in total. The number of carbonyl (C=O) groups is 1. The molecule has 3 N–H and O–H groups in total. The molecule has 5 rings (SSSR count). The highest BCUT2D eigenvalue weighted by atomic mass is 16.4. The zero-order valence-electron chi connectivity index (χ0n) is 22.4. The van der Waals surface area contributed by atoms with Gasteiger partial charge in [-0.05, 0) is 84.9 Å². The van der Waals surface area contributed by atoms with Crippen molar-refractivity contribution < 1.29 is 20.1 Å². The molecule has 0 saturated heterocycles. The lowest BCUT2D eigenvalue weighted by atomic mass is 9.35. The Bertz CT molecular complexity index is 974. The molecule has 0 unspecified atom stereocenters. The fraction of sp³-hybridized carbons (Fsp3) is 0.833. The van der Waals surface area contributed by atoms with Crippen LogP contribution in [0.15, 0.2) is 23.3 Å². The van der Waals surface area contributed by atoms with Gasteiger partial charge in [-0.3, -0.25) is 4.79 Å². The van der Waals surface area contributed by atoms with E-state index in [1.807, 2.05) is 0 Å². The minimum Gasteiger partial charge on any atom is -0.481 e. The quantitative estimate of drug-likeness (QED) is 0.403. The van der Waals surface area contributed by atoms with Gasteiger partial charge < -0.3 is 15.3 Å². The molecule has 0 aromatic carbocycles. The van der Waals surface area contributed by atoms with Crippen LogP contribution >= 0.6 is 0 Å². The number of hydrogen-bond acceptors (Lipinski definition) is 3. The average molecular weight is 471 g/mol. The molecule has 5 aliphatic rings. The second-order valence-electron chi connectivity index (χ2n) is 14.8.